The molecule has 2 aromatic rings. The smallest absolute Gasteiger partial charge is 0.248 e. The number of hydrogen-bond acceptors (Lipinski definition) is 3. The molecule has 1 N–H and O–H groups in total. The minimum absolute atomic E-state index is 0.0470. The number of hydrogen-bond donors (Lipinski definition) is 1. The molecule has 0 unspecified atom stereocenters. The Morgan fingerprint density at radius 2 is 1.67 bits per heavy atom. The van der Waals surface area contributed by atoms with Gasteiger partial charge in [0.2, 0.25) is 11.8 Å². The average molecular weight is 324 g/mol. The van der Waals surface area contributed by atoms with E-state index in [0.717, 1.165) is 17.0 Å². The molecule has 2 aromatic carbocycles. The molecule has 0 saturated carbocycles. The molecule has 0 radical (unpaired) electrons. The Balaban J connectivity index is 1.96. The Bertz CT molecular complexity index is 734. The van der Waals surface area contributed by atoms with Crippen molar-refractivity contribution in [2.24, 2.45) is 0 Å². The number of methoxy groups -OCH3 is 1. The lowest BCUT2D eigenvalue weighted by Gasteiger charge is -2.15. The lowest BCUT2D eigenvalue weighted by molar-refractivity contribution is -0.116. The zero-order chi connectivity index (χ0) is 17.5. The van der Waals surface area contributed by atoms with Gasteiger partial charge in [-0.05, 0) is 48.0 Å². The molecule has 5 nitrogen and oxygen atoms in total. The normalized spacial score (nSPS) is 10.5. The van der Waals surface area contributed by atoms with Crippen molar-refractivity contribution in [3.05, 3.63) is 60.2 Å². The number of nitrogens with zero attached hydrogens (tertiary/aromatic N) is 1. The third-order valence-corrected chi connectivity index (χ3v) is 3.54. The summed E-state index contributed by atoms with van der Waals surface area (Å²) in [4.78, 5) is 24.8. The second-order valence-corrected chi connectivity index (χ2v) is 5.22. The van der Waals surface area contributed by atoms with Gasteiger partial charge >= 0.3 is 0 Å². The van der Waals surface area contributed by atoms with Gasteiger partial charge in [0.1, 0.15) is 5.75 Å². The SMILES string of the molecule is COc1ccc(/C=C/C(=O)Nc2ccc(N(C)C(C)=O)cc2)cc1. The first-order chi connectivity index (χ1) is 11.5. The fraction of sp³-hybridized carbons (Fsp3) is 0.158. The Kier molecular flexibility index (Phi) is 5.73. The molecule has 24 heavy (non-hydrogen) atoms. The summed E-state index contributed by atoms with van der Waals surface area (Å²) in [6.07, 6.45) is 3.20. The number of rotatable bonds is 5. The first-order valence-corrected chi connectivity index (χ1v) is 7.47. The fourth-order valence-electron chi connectivity index (χ4n) is 2.02. The van der Waals surface area contributed by atoms with E-state index in [4.69, 9.17) is 4.74 Å². The standard InChI is InChI=1S/C19H20N2O3/c1-14(22)21(2)17-9-7-16(8-10-17)20-19(23)13-6-15-4-11-18(24-3)12-5-15/h4-13H,1-3H3,(H,20,23)/b13-6+. The molecule has 0 aliphatic rings. The molecule has 0 aliphatic heterocycles. The van der Waals surface area contributed by atoms with Gasteiger partial charge in [0.05, 0.1) is 7.11 Å². The highest BCUT2D eigenvalue weighted by atomic mass is 16.5. The van der Waals surface area contributed by atoms with Crippen molar-refractivity contribution in [2.45, 2.75) is 6.92 Å². The van der Waals surface area contributed by atoms with Crippen LogP contribution in [-0.4, -0.2) is 26.0 Å². The van der Waals surface area contributed by atoms with E-state index in [1.807, 2.05) is 24.3 Å². The molecule has 0 aromatic heterocycles. The van der Waals surface area contributed by atoms with E-state index in [2.05, 4.69) is 5.32 Å². The zero-order valence-corrected chi connectivity index (χ0v) is 13.9. The number of amides is 2. The molecule has 0 spiro atoms. The highest BCUT2D eigenvalue weighted by Gasteiger charge is 2.05. The van der Waals surface area contributed by atoms with Crippen LogP contribution in [0, 0.1) is 0 Å². The predicted octanol–water partition coefficient (Wildman–Crippen LogP) is 3.33. The predicted molar refractivity (Wildman–Crippen MR) is 96.2 cm³/mol. The molecule has 124 valence electrons. The van der Waals surface area contributed by atoms with Gasteiger partial charge in [0, 0.05) is 31.4 Å². The van der Waals surface area contributed by atoms with Crippen LogP contribution in [0.4, 0.5) is 11.4 Å². The van der Waals surface area contributed by atoms with Crippen LogP contribution in [0.2, 0.25) is 0 Å². The largest absolute Gasteiger partial charge is 0.497 e. The van der Waals surface area contributed by atoms with Crippen LogP contribution in [0.5, 0.6) is 5.75 Å². The Morgan fingerprint density at radius 3 is 2.21 bits per heavy atom. The first kappa shape index (κ1) is 17.3. The van der Waals surface area contributed by atoms with Gasteiger partial charge < -0.3 is 15.0 Å². The quantitative estimate of drug-likeness (QED) is 0.858. The van der Waals surface area contributed by atoms with Crippen molar-refractivity contribution < 1.29 is 14.3 Å². The summed E-state index contributed by atoms with van der Waals surface area (Å²) in [6.45, 7) is 1.50. The summed E-state index contributed by atoms with van der Waals surface area (Å²) >= 11 is 0. The monoisotopic (exact) mass is 324 g/mol. The highest BCUT2D eigenvalue weighted by molar-refractivity contribution is 6.02. The number of ether oxygens (including phenoxy) is 1. The highest BCUT2D eigenvalue weighted by Crippen LogP contribution is 2.17. The maximum Gasteiger partial charge on any atom is 0.248 e. The molecule has 0 atom stereocenters. The minimum atomic E-state index is -0.224. The summed E-state index contributed by atoms with van der Waals surface area (Å²) < 4.78 is 5.09. The van der Waals surface area contributed by atoms with Crippen molar-refractivity contribution in [3.8, 4) is 5.75 Å². The summed E-state index contributed by atoms with van der Waals surface area (Å²) in [5.74, 6) is 0.500. The van der Waals surface area contributed by atoms with E-state index in [1.165, 1.54) is 17.9 Å². The lowest BCUT2D eigenvalue weighted by Crippen LogP contribution is -2.22. The number of anilines is 2. The Labute approximate surface area is 141 Å². The van der Waals surface area contributed by atoms with Crippen LogP contribution in [0.1, 0.15) is 12.5 Å². The van der Waals surface area contributed by atoms with Gasteiger partial charge in [-0.2, -0.15) is 0 Å². The molecule has 0 aliphatic carbocycles. The maximum absolute atomic E-state index is 11.9. The van der Waals surface area contributed by atoms with Crippen molar-refractivity contribution in [1.82, 2.24) is 0 Å². The third kappa shape index (κ3) is 4.71. The van der Waals surface area contributed by atoms with Crippen LogP contribution in [0.3, 0.4) is 0 Å². The van der Waals surface area contributed by atoms with Crippen LogP contribution >= 0.6 is 0 Å². The van der Waals surface area contributed by atoms with E-state index >= 15 is 0 Å². The summed E-state index contributed by atoms with van der Waals surface area (Å²) in [6, 6.07) is 14.5. The molecule has 2 amide bonds. The van der Waals surface area contributed by atoms with Gasteiger partial charge in [-0.3, -0.25) is 9.59 Å². The molecule has 5 heteroatoms. The van der Waals surface area contributed by atoms with E-state index < -0.39 is 0 Å². The fourth-order valence-corrected chi connectivity index (χ4v) is 2.02. The molecule has 2 rings (SSSR count). The molecule has 0 saturated heterocycles. The second kappa shape index (κ2) is 7.97. The van der Waals surface area contributed by atoms with Crippen molar-refractivity contribution in [1.29, 1.82) is 0 Å². The second-order valence-electron chi connectivity index (χ2n) is 5.22. The number of carbonyl (C=O) groups excluding carboxylic acids is 2. The molecular weight excluding hydrogens is 304 g/mol. The molecule has 0 fully saturated rings. The van der Waals surface area contributed by atoms with Gasteiger partial charge in [-0.1, -0.05) is 12.1 Å². The molecule has 0 heterocycles. The topological polar surface area (TPSA) is 58.6 Å². The van der Waals surface area contributed by atoms with Crippen molar-refractivity contribution >= 4 is 29.3 Å². The summed E-state index contributed by atoms with van der Waals surface area (Å²) in [7, 11) is 3.31. The third-order valence-electron chi connectivity index (χ3n) is 3.54. The summed E-state index contributed by atoms with van der Waals surface area (Å²) in [5.41, 5.74) is 2.35. The minimum Gasteiger partial charge on any atom is -0.497 e. The van der Waals surface area contributed by atoms with E-state index in [1.54, 1.807) is 44.5 Å². The average Bonchev–Trinajstić information content (AvgIpc) is 2.60. The van der Waals surface area contributed by atoms with Gasteiger partial charge in [-0.15, -0.1) is 0 Å². The summed E-state index contributed by atoms with van der Waals surface area (Å²) in [5, 5.41) is 2.78. The number of benzene rings is 2. The Morgan fingerprint density at radius 1 is 1.04 bits per heavy atom. The van der Waals surface area contributed by atoms with Crippen LogP contribution in [0.15, 0.2) is 54.6 Å². The van der Waals surface area contributed by atoms with Gasteiger partial charge in [0.15, 0.2) is 0 Å². The van der Waals surface area contributed by atoms with Crippen molar-refractivity contribution in [2.75, 3.05) is 24.4 Å². The number of nitrogens with one attached hydrogen (secondary N) is 1. The molecular formula is C19H20N2O3. The van der Waals surface area contributed by atoms with Crippen LogP contribution in [-0.2, 0) is 9.59 Å². The van der Waals surface area contributed by atoms with E-state index in [0.29, 0.717) is 5.69 Å². The van der Waals surface area contributed by atoms with Gasteiger partial charge in [0.25, 0.3) is 0 Å². The Hall–Kier alpha value is -3.08. The first-order valence-electron chi connectivity index (χ1n) is 7.47. The van der Waals surface area contributed by atoms with Crippen LogP contribution < -0.4 is 15.0 Å². The maximum atomic E-state index is 11.9. The zero-order valence-electron chi connectivity index (χ0n) is 13.9. The number of carbonyl (C=O) groups is 2. The lowest BCUT2D eigenvalue weighted by atomic mass is 10.2. The van der Waals surface area contributed by atoms with E-state index in [9.17, 15) is 9.59 Å². The van der Waals surface area contributed by atoms with E-state index in [-0.39, 0.29) is 11.8 Å². The molecule has 0 bridgehead atoms. The van der Waals surface area contributed by atoms with Crippen molar-refractivity contribution in [3.63, 3.8) is 0 Å². The van der Waals surface area contributed by atoms with Gasteiger partial charge in [-0.25, -0.2) is 0 Å². The van der Waals surface area contributed by atoms with Crippen LogP contribution in [0.25, 0.3) is 6.08 Å².